The lowest BCUT2D eigenvalue weighted by Crippen LogP contribution is -2.12. The zero-order valence-electron chi connectivity index (χ0n) is 12.2. The molecule has 0 fully saturated rings. The fraction of sp³-hybridized carbons (Fsp3) is 0. The van der Waals surface area contributed by atoms with Crippen molar-refractivity contribution in [3.05, 3.63) is 76.3 Å². The molecule has 2 aromatic carbocycles. The second-order valence-electron chi connectivity index (χ2n) is 4.91. The number of hydrogen-bond donors (Lipinski definition) is 1. The molecule has 0 saturated carbocycles. The molecule has 0 saturated heterocycles. The molecule has 5 nitrogen and oxygen atoms in total. The maximum atomic E-state index is 13.1. The molecule has 0 aliphatic carbocycles. The Morgan fingerprint density at radius 1 is 1.29 bits per heavy atom. The van der Waals surface area contributed by atoms with Gasteiger partial charge in [0, 0.05) is 10.7 Å². The number of carbonyl (C=O) groups excluding carboxylic acids is 1. The van der Waals surface area contributed by atoms with Crippen molar-refractivity contribution in [2.45, 2.75) is 0 Å². The van der Waals surface area contributed by atoms with E-state index < -0.39 is 11.7 Å². The number of nitriles is 1. The average molecular weight is 385 g/mol. The van der Waals surface area contributed by atoms with Crippen molar-refractivity contribution >= 4 is 27.5 Å². The van der Waals surface area contributed by atoms with Gasteiger partial charge < -0.3 is 5.32 Å². The molecule has 1 N–H and O–H groups in total. The topological polar surface area (TPSA) is 70.7 Å². The van der Waals surface area contributed by atoms with Crippen molar-refractivity contribution in [3.8, 4) is 11.8 Å². The van der Waals surface area contributed by atoms with E-state index in [9.17, 15) is 9.18 Å². The lowest BCUT2D eigenvalue weighted by Gasteiger charge is -2.05. The zero-order chi connectivity index (χ0) is 17.1. The predicted molar refractivity (Wildman–Crippen MR) is 90.3 cm³/mol. The third-order valence-corrected chi connectivity index (χ3v) is 3.76. The summed E-state index contributed by atoms with van der Waals surface area (Å²) in [5.74, 6) is -0.966. The fourth-order valence-electron chi connectivity index (χ4n) is 2.11. The van der Waals surface area contributed by atoms with Gasteiger partial charge in [-0.05, 0) is 36.4 Å². The van der Waals surface area contributed by atoms with Crippen molar-refractivity contribution in [1.29, 1.82) is 5.26 Å². The highest BCUT2D eigenvalue weighted by molar-refractivity contribution is 9.10. The van der Waals surface area contributed by atoms with E-state index in [0.29, 0.717) is 5.56 Å². The van der Waals surface area contributed by atoms with Crippen LogP contribution < -0.4 is 5.32 Å². The maximum Gasteiger partial charge on any atom is 0.258 e. The van der Waals surface area contributed by atoms with E-state index in [0.717, 1.165) is 16.2 Å². The summed E-state index contributed by atoms with van der Waals surface area (Å²) in [7, 11) is 0. The third-order valence-electron chi connectivity index (χ3n) is 3.27. The Morgan fingerprint density at radius 2 is 2.12 bits per heavy atom. The summed E-state index contributed by atoms with van der Waals surface area (Å²) >= 11 is 3.38. The molecule has 7 heteroatoms. The zero-order valence-corrected chi connectivity index (χ0v) is 13.8. The molecule has 3 aromatic rings. The van der Waals surface area contributed by atoms with E-state index in [1.165, 1.54) is 18.3 Å². The van der Waals surface area contributed by atoms with Crippen LogP contribution in [-0.2, 0) is 0 Å². The SMILES string of the molecule is N#Cc1cc(F)ccc1NC(=O)c1cnn(-c2cccc(Br)c2)c1. The number of hydrogen-bond acceptors (Lipinski definition) is 3. The van der Waals surface area contributed by atoms with E-state index in [2.05, 4.69) is 26.3 Å². The third kappa shape index (κ3) is 3.34. The number of rotatable bonds is 3. The van der Waals surface area contributed by atoms with Gasteiger partial charge in [0.25, 0.3) is 5.91 Å². The van der Waals surface area contributed by atoms with Gasteiger partial charge in [-0.3, -0.25) is 4.79 Å². The summed E-state index contributed by atoms with van der Waals surface area (Å²) in [5.41, 5.74) is 1.42. The van der Waals surface area contributed by atoms with Gasteiger partial charge in [-0.15, -0.1) is 0 Å². The normalized spacial score (nSPS) is 10.2. The summed E-state index contributed by atoms with van der Waals surface area (Å²) in [4.78, 5) is 12.3. The molecular weight excluding hydrogens is 375 g/mol. The van der Waals surface area contributed by atoms with Gasteiger partial charge in [0.1, 0.15) is 11.9 Å². The van der Waals surface area contributed by atoms with Crippen LogP contribution in [0.2, 0.25) is 0 Å². The molecule has 0 aliphatic rings. The number of carbonyl (C=O) groups is 1. The second kappa shape index (κ2) is 6.64. The standard InChI is InChI=1S/C17H10BrFN4O/c18-13-2-1-3-15(7-13)23-10-12(9-21-23)17(24)22-16-5-4-14(19)6-11(16)8-20/h1-7,9-10H,(H,22,24). The number of nitrogens with one attached hydrogen (secondary N) is 1. The van der Waals surface area contributed by atoms with Crippen LogP contribution in [0.25, 0.3) is 5.69 Å². The second-order valence-corrected chi connectivity index (χ2v) is 5.82. The summed E-state index contributed by atoms with van der Waals surface area (Å²) in [6.07, 6.45) is 3.00. The van der Waals surface area contributed by atoms with Gasteiger partial charge in [-0.1, -0.05) is 22.0 Å². The number of benzene rings is 2. The molecule has 1 aromatic heterocycles. The molecule has 0 unspecified atom stereocenters. The van der Waals surface area contributed by atoms with E-state index in [1.807, 2.05) is 30.3 Å². The van der Waals surface area contributed by atoms with Crippen molar-refractivity contribution in [2.75, 3.05) is 5.32 Å². The number of nitrogens with zero attached hydrogens (tertiary/aromatic N) is 3. The maximum absolute atomic E-state index is 13.1. The van der Waals surface area contributed by atoms with Crippen LogP contribution in [0.4, 0.5) is 10.1 Å². The van der Waals surface area contributed by atoms with Gasteiger partial charge in [-0.2, -0.15) is 10.4 Å². The molecule has 1 heterocycles. The van der Waals surface area contributed by atoms with Crippen molar-refractivity contribution in [2.24, 2.45) is 0 Å². The van der Waals surface area contributed by atoms with Crippen LogP contribution in [0.15, 0.2) is 59.3 Å². The smallest absolute Gasteiger partial charge is 0.258 e. The Morgan fingerprint density at radius 3 is 2.88 bits per heavy atom. The Bertz CT molecular complexity index is 961. The molecule has 0 aliphatic heterocycles. The highest BCUT2D eigenvalue weighted by Gasteiger charge is 2.12. The monoisotopic (exact) mass is 384 g/mol. The largest absolute Gasteiger partial charge is 0.321 e. The molecule has 0 atom stereocenters. The summed E-state index contributed by atoms with van der Waals surface area (Å²) in [6, 6.07) is 12.9. The number of aromatic nitrogens is 2. The highest BCUT2D eigenvalue weighted by Crippen LogP contribution is 2.18. The van der Waals surface area contributed by atoms with Crippen LogP contribution in [0.3, 0.4) is 0 Å². The first-order chi connectivity index (χ1) is 11.6. The van der Waals surface area contributed by atoms with Gasteiger partial charge in [0.15, 0.2) is 0 Å². The number of halogens is 2. The molecule has 0 bridgehead atoms. The van der Waals surface area contributed by atoms with Crippen LogP contribution in [0.5, 0.6) is 0 Å². The first-order valence-electron chi connectivity index (χ1n) is 6.88. The Hall–Kier alpha value is -2.98. The first kappa shape index (κ1) is 15.9. The molecule has 3 rings (SSSR count). The Labute approximate surface area is 145 Å². The minimum Gasteiger partial charge on any atom is -0.321 e. The fourth-order valence-corrected chi connectivity index (χ4v) is 2.50. The molecule has 1 amide bonds. The van der Waals surface area contributed by atoms with Gasteiger partial charge in [-0.25, -0.2) is 9.07 Å². The quantitative estimate of drug-likeness (QED) is 0.744. The summed E-state index contributed by atoms with van der Waals surface area (Å²) in [5, 5.41) is 15.8. The molecule has 24 heavy (non-hydrogen) atoms. The predicted octanol–water partition coefficient (Wildman–Crippen LogP) is 3.90. The van der Waals surface area contributed by atoms with E-state index in [4.69, 9.17) is 5.26 Å². The van der Waals surface area contributed by atoms with Gasteiger partial charge in [0.05, 0.1) is 28.7 Å². The van der Waals surface area contributed by atoms with Gasteiger partial charge >= 0.3 is 0 Å². The van der Waals surface area contributed by atoms with Crippen LogP contribution in [0, 0.1) is 17.1 Å². The number of amides is 1. The van der Waals surface area contributed by atoms with Crippen LogP contribution in [-0.4, -0.2) is 15.7 Å². The molecule has 118 valence electrons. The minimum absolute atomic E-state index is 0.0581. The molecule has 0 spiro atoms. The van der Waals surface area contributed by atoms with Crippen molar-refractivity contribution in [3.63, 3.8) is 0 Å². The van der Waals surface area contributed by atoms with E-state index >= 15 is 0 Å². The molecular formula is C17H10BrFN4O. The highest BCUT2D eigenvalue weighted by atomic mass is 79.9. The van der Waals surface area contributed by atoms with Crippen molar-refractivity contribution in [1.82, 2.24) is 9.78 Å². The van der Waals surface area contributed by atoms with Gasteiger partial charge in [0.2, 0.25) is 0 Å². The number of anilines is 1. The minimum atomic E-state index is -0.535. The lowest BCUT2D eigenvalue weighted by molar-refractivity contribution is 0.102. The Balaban J connectivity index is 1.83. The molecule has 0 radical (unpaired) electrons. The summed E-state index contributed by atoms with van der Waals surface area (Å²) in [6.45, 7) is 0. The van der Waals surface area contributed by atoms with Crippen molar-refractivity contribution < 1.29 is 9.18 Å². The Kier molecular flexibility index (Phi) is 4.40. The summed E-state index contributed by atoms with van der Waals surface area (Å²) < 4.78 is 15.6. The first-order valence-corrected chi connectivity index (χ1v) is 7.68. The van der Waals surface area contributed by atoms with Crippen LogP contribution in [0.1, 0.15) is 15.9 Å². The van der Waals surface area contributed by atoms with Crippen LogP contribution >= 0.6 is 15.9 Å². The average Bonchev–Trinajstić information content (AvgIpc) is 3.06. The lowest BCUT2D eigenvalue weighted by atomic mass is 10.2. The van der Waals surface area contributed by atoms with E-state index in [1.54, 1.807) is 10.9 Å². The van der Waals surface area contributed by atoms with E-state index in [-0.39, 0.29) is 11.3 Å².